The standard InChI is InChI=1S/C19H23ClN2O3S/c1-4-14-7-9-15(10-8-14)19(23)21-16-11-12-17(20)18(13-16)26(24,25)22(5-2)6-3/h7-13H,4-6H2,1-3H3,(H,21,23). The molecule has 2 aromatic rings. The van der Waals surface area contributed by atoms with Gasteiger partial charge in [-0.15, -0.1) is 0 Å². The van der Waals surface area contributed by atoms with Gasteiger partial charge in [0.25, 0.3) is 5.91 Å². The molecule has 140 valence electrons. The Kier molecular flexibility index (Phi) is 6.81. The first-order valence-electron chi connectivity index (χ1n) is 8.53. The molecular formula is C19H23ClN2O3S. The summed E-state index contributed by atoms with van der Waals surface area (Å²) in [4.78, 5) is 12.4. The van der Waals surface area contributed by atoms with Crippen molar-refractivity contribution in [2.45, 2.75) is 32.1 Å². The van der Waals surface area contributed by atoms with Crippen molar-refractivity contribution in [2.75, 3.05) is 18.4 Å². The summed E-state index contributed by atoms with van der Waals surface area (Å²) in [7, 11) is -3.71. The van der Waals surface area contributed by atoms with Crippen LogP contribution in [-0.4, -0.2) is 31.7 Å². The fourth-order valence-electron chi connectivity index (χ4n) is 2.58. The van der Waals surface area contributed by atoms with Gasteiger partial charge in [0, 0.05) is 24.3 Å². The molecule has 0 aliphatic carbocycles. The van der Waals surface area contributed by atoms with Gasteiger partial charge in [-0.3, -0.25) is 4.79 Å². The Bertz CT molecular complexity index is 876. The average molecular weight is 395 g/mol. The molecule has 1 N–H and O–H groups in total. The number of nitrogens with zero attached hydrogens (tertiary/aromatic N) is 1. The maximum absolute atomic E-state index is 12.7. The molecule has 0 heterocycles. The molecule has 0 unspecified atom stereocenters. The van der Waals surface area contributed by atoms with Gasteiger partial charge in [0.15, 0.2) is 0 Å². The van der Waals surface area contributed by atoms with Crippen molar-refractivity contribution in [3.8, 4) is 0 Å². The Labute approximate surface area is 160 Å². The highest BCUT2D eigenvalue weighted by Crippen LogP contribution is 2.28. The van der Waals surface area contributed by atoms with E-state index >= 15 is 0 Å². The maximum Gasteiger partial charge on any atom is 0.255 e. The van der Waals surface area contributed by atoms with Crippen LogP contribution in [-0.2, 0) is 16.4 Å². The Morgan fingerprint density at radius 3 is 2.19 bits per heavy atom. The fourth-order valence-corrected chi connectivity index (χ4v) is 4.53. The Hall–Kier alpha value is -1.89. The van der Waals surface area contributed by atoms with Crippen LogP contribution >= 0.6 is 11.6 Å². The summed E-state index contributed by atoms with van der Waals surface area (Å²) in [6, 6.07) is 11.7. The molecular weight excluding hydrogens is 372 g/mol. The molecule has 0 fully saturated rings. The van der Waals surface area contributed by atoms with Crippen LogP contribution in [0.3, 0.4) is 0 Å². The number of sulfonamides is 1. The van der Waals surface area contributed by atoms with Gasteiger partial charge in [-0.1, -0.05) is 44.5 Å². The van der Waals surface area contributed by atoms with E-state index in [1.54, 1.807) is 32.0 Å². The predicted octanol–water partition coefficient (Wildman–Crippen LogP) is 4.19. The Morgan fingerprint density at radius 2 is 1.65 bits per heavy atom. The molecule has 0 spiro atoms. The molecule has 7 heteroatoms. The molecule has 0 saturated heterocycles. The summed E-state index contributed by atoms with van der Waals surface area (Å²) < 4.78 is 26.8. The predicted molar refractivity (Wildman–Crippen MR) is 105 cm³/mol. The molecule has 0 aliphatic rings. The number of rotatable bonds is 7. The summed E-state index contributed by atoms with van der Waals surface area (Å²) >= 11 is 6.11. The first kappa shape index (κ1) is 20.4. The van der Waals surface area contributed by atoms with Crippen LogP contribution in [0.5, 0.6) is 0 Å². The zero-order valence-corrected chi connectivity index (χ0v) is 16.7. The maximum atomic E-state index is 12.7. The number of nitrogens with one attached hydrogen (secondary N) is 1. The van der Waals surface area contributed by atoms with Crippen LogP contribution in [0.25, 0.3) is 0 Å². The summed E-state index contributed by atoms with van der Waals surface area (Å²) in [6.45, 7) is 6.26. The second-order valence-corrected chi connectivity index (χ2v) is 8.05. The number of carbonyl (C=O) groups is 1. The highest BCUT2D eigenvalue weighted by atomic mass is 35.5. The zero-order chi connectivity index (χ0) is 19.3. The average Bonchev–Trinajstić information content (AvgIpc) is 2.64. The number of hydrogen-bond donors (Lipinski definition) is 1. The number of amides is 1. The SMILES string of the molecule is CCc1ccc(C(=O)Nc2ccc(Cl)c(S(=O)(=O)N(CC)CC)c2)cc1. The third-order valence-corrected chi connectivity index (χ3v) is 6.67. The van der Waals surface area contributed by atoms with Gasteiger partial charge >= 0.3 is 0 Å². The van der Waals surface area contributed by atoms with E-state index in [1.165, 1.54) is 16.4 Å². The van der Waals surface area contributed by atoms with Crippen molar-refractivity contribution in [1.29, 1.82) is 0 Å². The topological polar surface area (TPSA) is 66.5 Å². The third kappa shape index (κ3) is 4.44. The Morgan fingerprint density at radius 1 is 1.04 bits per heavy atom. The lowest BCUT2D eigenvalue weighted by atomic mass is 10.1. The van der Waals surface area contributed by atoms with Gasteiger partial charge in [-0.2, -0.15) is 4.31 Å². The summed E-state index contributed by atoms with van der Waals surface area (Å²) in [5.41, 5.74) is 2.02. The first-order valence-corrected chi connectivity index (χ1v) is 10.3. The van der Waals surface area contributed by atoms with Crippen molar-refractivity contribution in [2.24, 2.45) is 0 Å². The summed E-state index contributed by atoms with van der Waals surface area (Å²) in [5.74, 6) is -0.304. The van der Waals surface area contributed by atoms with Gasteiger partial charge < -0.3 is 5.32 Å². The zero-order valence-electron chi connectivity index (χ0n) is 15.1. The number of aryl methyl sites for hydroxylation is 1. The molecule has 2 aromatic carbocycles. The minimum absolute atomic E-state index is 0.0120. The van der Waals surface area contributed by atoms with E-state index in [-0.39, 0.29) is 15.8 Å². The molecule has 0 saturated carbocycles. The molecule has 2 rings (SSSR count). The van der Waals surface area contributed by atoms with E-state index in [4.69, 9.17) is 11.6 Å². The van der Waals surface area contributed by atoms with Crippen LogP contribution in [0.4, 0.5) is 5.69 Å². The number of benzene rings is 2. The molecule has 0 bridgehead atoms. The molecule has 1 amide bonds. The second-order valence-electron chi connectivity index (χ2n) is 5.74. The third-order valence-electron chi connectivity index (χ3n) is 4.14. The number of anilines is 1. The van der Waals surface area contributed by atoms with Crippen molar-refractivity contribution in [3.63, 3.8) is 0 Å². The molecule has 0 aliphatic heterocycles. The fraction of sp³-hybridized carbons (Fsp3) is 0.316. The number of halogens is 1. The van der Waals surface area contributed by atoms with Crippen molar-refractivity contribution in [1.82, 2.24) is 4.31 Å². The van der Waals surface area contributed by atoms with E-state index < -0.39 is 10.0 Å². The van der Waals surface area contributed by atoms with Crippen LogP contribution < -0.4 is 5.32 Å². The first-order chi connectivity index (χ1) is 12.3. The van der Waals surface area contributed by atoms with E-state index in [0.29, 0.717) is 24.3 Å². The van der Waals surface area contributed by atoms with Gasteiger partial charge in [-0.05, 0) is 42.3 Å². The van der Waals surface area contributed by atoms with Gasteiger partial charge in [0.05, 0.1) is 5.02 Å². The van der Waals surface area contributed by atoms with Crippen molar-refractivity contribution in [3.05, 3.63) is 58.6 Å². The lowest BCUT2D eigenvalue weighted by Crippen LogP contribution is -2.30. The quantitative estimate of drug-likeness (QED) is 0.765. The van der Waals surface area contributed by atoms with Crippen molar-refractivity contribution >= 4 is 33.2 Å². The summed E-state index contributed by atoms with van der Waals surface area (Å²) in [5, 5.41) is 2.86. The highest BCUT2D eigenvalue weighted by molar-refractivity contribution is 7.89. The number of hydrogen-bond acceptors (Lipinski definition) is 3. The van der Waals surface area contributed by atoms with E-state index in [1.807, 2.05) is 19.1 Å². The minimum Gasteiger partial charge on any atom is -0.322 e. The molecule has 0 atom stereocenters. The molecule has 26 heavy (non-hydrogen) atoms. The van der Waals surface area contributed by atoms with Crippen LogP contribution in [0.15, 0.2) is 47.4 Å². The van der Waals surface area contributed by atoms with E-state index in [2.05, 4.69) is 5.32 Å². The monoisotopic (exact) mass is 394 g/mol. The lowest BCUT2D eigenvalue weighted by Gasteiger charge is -2.19. The van der Waals surface area contributed by atoms with Gasteiger partial charge in [0.2, 0.25) is 10.0 Å². The van der Waals surface area contributed by atoms with Crippen LogP contribution in [0.2, 0.25) is 5.02 Å². The number of carbonyl (C=O) groups excluding carboxylic acids is 1. The smallest absolute Gasteiger partial charge is 0.255 e. The second kappa shape index (κ2) is 8.66. The van der Waals surface area contributed by atoms with Crippen molar-refractivity contribution < 1.29 is 13.2 Å². The summed E-state index contributed by atoms with van der Waals surface area (Å²) in [6.07, 6.45) is 0.895. The largest absolute Gasteiger partial charge is 0.322 e. The van der Waals surface area contributed by atoms with Gasteiger partial charge in [-0.25, -0.2) is 8.42 Å². The van der Waals surface area contributed by atoms with E-state index in [0.717, 1.165) is 12.0 Å². The minimum atomic E-state index is -3.71. The molecule has 0 radical (unpaired) electrons. The lowest BCUT2D eigenvalue weighted by molar-refractivity contribution is 0.102. The van der Waals surface area contributed by atoms with Gasteiger partial charge in [0.1, 0.15) is 4.90 Å². The molecule has 5 nitrogen and oxygen atoms in total. The molecule has 0 aromatic heterocycles. The highest BCUT2D eigenvalue weighted by Gasteiger charge is 2.25. The van der Waals surface area contributed by atoms with E-state index in [9.17, 15) is 13.2 Å². The van der Waals surface area contributed by atoms with Crippen LogP contribution in [0.1, 0.15) is 36.7 Å². The normalized spacial score (nSPS) is 11.6. The van der Waals surface area contributed by atoms with Crippen LogP contribution in [0, 0.1) is 0 Å². The Balaban J connectivity index is 2.30.